The van der Waals surface area contributed by atoms with Crippen molar-refractivity contribution in [1.82, 2.24) is 19.6 Å². The highest BCUT2D eigenvalue weighted by Crippen LogP contribution is 2.14. The molecule has 2 aromatic heterocycles. The van der Waals surface area contributed by atoms with Gasteiger partial charge in [0, 0.05) is 30.3 Å². The van der Waals surface area contributed by atoms with Crippen LogP contribution in [0.25, 0.3) is 0 Å². The molecule has 1 aromatic carbocycles. The Hall–Kier alpha value is -2.08. The fourth-order valence-electron chi connectivity index (χ4n) is 2.39. The summed E-state index contributed by atoms with van der Waals surface area (Å²) < 4.78 is 4.85. The third-order valence-corrected chi connectivity index (χ3v) is 3.72. The van der Waals surface area contributed by atoms with Crippen molar-refractivity contribution >= 4 is 21.6 Å². The van der Waals surface area contributed by atoms with Crippen LogP contribution in [0.15, 0.2) is 59.6 Å². The Morgan fingerprint density at radius 3 is 2.86 bits per heavy atom. The van der Waals surface area contributed by atoms with Gasteiger partial charge in [0.05, 0.1) is 23.8 Å². The van der Waals surface area contributed by atoms with E-state index in [0.29, 0.717) is 0 Å². The molecule has 114 valence electrons. The van der Waals surface area contributed by atoms with Gasteiger partial charge in [-0.25, -0.2) is 0 Å². The lowest BCUT2D eigenvalue weighted by atomic mass is 10.2. The average molecular weight is 360 g/mol. The van der Waals surface area contributed by atoms with Crippen LogP contribution in [0.3, 0.4) is 0 Å². The van der Waals surface area contributed by atoms with E-state index in [-0.39, 0.29) is 6.04 Å². The van der Waals surface area contributed by atoms with Gasteiger partial charge in [0.25, 0.3) is 0 Å². The standard InChI is InChI=1S/C16H18BrN5/c1-13(10-22-12-15(17)9-19-22)20-16-5-2-4-14(8-16)11-21-7-3-6-18-21/h2-9,12-13,20H,10-11H2,1H3. The molecule has 3 rings (SSSR count). The Morgan fingerprint density at radius 1 is 1.23 bits per heavy atom. The van der Waals surface area contributed by atoms with Crippen LogP contribution >= 0.6 is 15.9 Å². The summed E-state index contributed by atoms with van der Waals surface area (Å²) in [6.45, 7) is 3.74. The van der Waals surface area contributed by atoms with Crippen molar-refractivity contribution in [2.45, 2.75) is 26.1 Å². The summed E-state index contributed by atoms with van der Waals surface area (Å²) in [5, 5.41) is 12.0. The lowest BCUT2D eigenvalue weighted by Gasteiger charge is -2.16. The van der Waals surface area contributed by atoms with Gasteiger partial charge in [0.15, 0.2) is 0 Å². The number of nitrogens with one attached hydrogen (secondary N) is 1. The first-order valence-corrected chi connectivity index (χ1v) is 7.99. The predicted octanol–water partition coefficient (Wildman–Crippen LogP) is 3.39. The van der Waals surface area contributed by atoms with Gasteiger partial charge in [0.1, 0.15) is 0 Å². The van der Waals surface area contributed by atoms with E-state index in [1.54, 1.807) is 12.4 Å². The van der Waals surface area contributed by atoms with Crippen LogP contribution in [0.2, 0.25) is 0 Å². The summed E-state index contributed by atoms with van der Waals surface area (Å²) >= 11 is 3.41. The quantitative estimate of drug-likeness (QED) is 0.733. The zero-order valence-corrected chi connectivity index (χ0v) is 13.9. The summed E-state index contributed by atoms with van der Waals surface area (Å²) in [5.41, 5.74) is 2.34. The Balaban J connectivity index is 1.62. The third kappa shape index (κ3) is 3.98. The van der Waals surface area contributed by atoms with Gasteiger partial charge >= 0.3 is 0 Å². The number of hydrogen-bond donors (Lipinski definition) is 1. The van der Waals surface area contributed by atoms with Crippen LogP contribution in [0.4, 0.5) is 5.69 Å². The van der Waals surface area contributed by atoms with E-state index < -0.39 is 0 Å². The topological polar surface area (TPSA) is 47.7 Å². The molecule has 2 heterocycles. The van der Waals surface area contributed by atoms with E-state index in [9.17, 15) is 0 Å². The molecule has 0 fully saturated rings. The number of halogens is 1. The first-order chi connectivity index (χ1) is 10.7. The molecule has 22 heavy (non-hydrogen) atoms. The first-order valence-electron chi connectivity index (χ1n) is 7.20. The molecule has 0 aliphatic rings. The average Bonchev–Trinajstić information content (AvgIpc) is 3.11. The predicted molar refractivity (Wildman–Crippen MR) is 90.8 cm³/mol. The van der Waals surface area contributed by atoms with E-state index in [2.05, 4.69) is 62.6 Å². The summed E-state index contributed by atoms with van der Waals surface area (Å²) in [6, 6.07) is 10.7. The number of rotatable bonds is 6. The maximum absolute atomic E-state index is 4.28. The second-order valence-electron chi connectivity index (χ2n) is 5.33. The molecule has 0 aliphatic carbocycles. The van der Waals surface area contributed by atoms with E-state index >= 15 is 0 Å². The molecule has 0 radical (unpaired) electrons. The van der Waals surface area contributed by atoms with Crippen molar-refractivity contribution in [3.05, 3.63) is 65.2 Å². The zero-order valence-electron chi connectivity index (χ0n) is 12.4. The number of hydrogen-bond acceptors (Lipinski definition) is 3. The van der Waals surface area contributed by atoms with Crippen LogP contribution in [-0.2, 0) is 13.1 Å². The molecular weight excluding hydrogens is 342 g/mol. The second kappa shape index (κ2) is 6.79. The lowest BCUT2D eigenvalue weighted by molar-refractivity contribution is 0.560. The maximum atomic E-state index is 4.28. The van der Waals surface area contributed by atoms with Crippen molar-refractivity contribution in [2.75, 3.05) is 5.32 Å². The molecule has 1 unspecified atom stereocenters. The van der Waals surface area contributed by atoms with Crippen LogP contribution in [0, 0.1) is 0 Å². The van der Waals surface area contributed by atoms with Gasteiger partial charge in [-0.1, -0.05) is 12.1 Å². The van der Waals surface area contributed by atoms with E-state index in [4.69, 9.17) is 0 Å². The van der Waals surface area contributed by atoms with Crippen LogP contribution < -0.4 is 5.32 Å². The number of nitrogens with zero attached hydrogens (tertiary/aromatic N) is 4. The molecule has 3 aromatic rings. The molecule has 0 saturated carbocycles. The molecule has 6 heteroatoms. The molecular formula is C16H18BrN5. The smallest absolute Gasteiger partial charge is 0.0660 e. The summed E-state index contributed by atoms with van der Waals surface area (Å²) in [5.74, 6) is 0. The minimum atomic E-state index is 0.284. The Bertz CT molecular complexity index is 720. The van der Waals surface area contributed by atoms with Crippen molar-refractivity contribution < 1.29 is 0 Å². The molecule has 0 bridgehead atoms. The van der Waals surface area contributed by atoms with Crippen molar-refractivity contribution in [3.8, 4) is 0 Å². The Morgan fingerprint density at radius 2 is 2.14 bits per heavy atom. The second-order valence-corrected chi connectivity index (χ2v) is 6.25. The van der Waals surface area contributed by atoms with Crippen LogP contribution in [0.5, 0.6) is 0 Å². The molecule has 1 N–H and O–H groups in total. The Kier molecular flexibility index (Phi) is 4.58. The maximum Gasteiger partial charge on any atom is 0.0660 e. The molecule has 5 nitrogen and oxygen atoms in total. The number of benzene rings is 1. The van der Waals surface area contributed by atoms with E-state index in [1.165, 1.54) is 5.56 Å². The minimum absolute atomic E-state index is 0.284. The van der Waals surface area contributed by atoms with Crippen molar-refractivity contribution in [2.24, 2.45) is 0 Å². The van der Waals surface area contributed by atoms with Gasteiger partial charge in [-0.3, -0.25) is 9.36 Å². The van der Waals surface area contributed by atoms with Crippen molar-refractivity contribution in [3.63, 3.8) is 0 Å². The number of aromatic nitrogens is 4. The summed E-state index contributed by atoms with van der Waals surface area (Å²) in [7, 11) is 0. The SMILES string of the molecule is CC(Cn1cc(Br)cn1)Nc1cccc(Cn2cccn2)c1. The largest absolute Gasteiger partial charge is 0.381 e. The highest BCUT2D eigenvalue weighted by Gasteiger charge is 2.05. The first kappa shape index (κ1) is 14.8. The van der Waals surface area contributed by atoms with Gasteiger partial charge in [0.2, 0.25) is 0 Å². The minimum Gasteiger partial charge on any atom is -0.381 e. The number of anilines is 1. The van der Waals surface area contributed by atoms with Crippen LogP contribution in [0.1, 0.15) is 12.5 Å². The monoisotopic (exact) mass is 359 g/mol. The fourth-order valence-corrected chi connectivity index (χ4v) is 2.72. The molecule has 1 atom stereocenters. The molecule has 0 spiro atoms. The van der Waals surface area contributed by atoms with Crippen molar-refractivity contribution in [1.29, 1.82) is 0 Å². The molecule has 0 amide bonds. The third-order valence-electron chi connectivity index (χ3n) is 3.31. The highest BCUT2D eigenvalue weighted by molar-refractivity contribution is 9.10. The lowest BCUT2D eigenvalue weighted by Crippen LogP contribution is -2.22. The zero-order chi connectivity index (χ0) is 15.4. The Labute approximate surface area is 138 Å². The van der Waals surface area contributed by atoms with Gasteiger partial charge in [-0.2, -0.15) is 10.2 Å². The fraction of sp³-hybridized carbons (Fsp3) is 0.250. The normalized spacial score (nSPS) is 12.3. The summed E-state index contributed by atoms with van der Waals surface area (Å²) in [4.78, 5) is 0. The van der Waals surface area contributed by atoms with E-state index in [1.807, 2.05) is 27.8 Å². The highest BCUT2D eigenvalue weighted by atomic mass is 79.9. The summed E-state index contributed by atoms with van der Waals surface area (Å²) in [6.07, 6.45) is 7.55. The van der Waals surface area contributed by atoms with Gasteiger partial charge in [-0.05, 0) is 46.6 Å². The molecule has 0 saturated heterocycles. The molecule has 0 aliphatic heterocycles. The van der Waals surface area contributed by atoms with E-state index in [0.717, 1.165) is 23.2 Å². The van der Waals surface area contributed by atoms with Crippen LogP contribution in [-0.4, -0.2) is 25.6 Å². The van der Waals surface area contributed by atoms with Gasteiger partial charge in [-0.15, -0.1) is 0 Å². The van der Waals surface area contributed by atoms with Gasteiger partial charge < -0.3 is 5.32 Å².